The molecule has 0 unspecified atom stereocenters. The molecule has 0 spiro atoms. The average Bonchev–Trinajstić information content (AvgIpc) is 2.90. The lowest BCUT2D eigenvalue weighted by atomic mass is 10.2. The predicted molar refractivity (Wildman–Crippen MR) is 83.8 cm³/mol. The molecule has 126 valence electrons. The van der Waals surface area contributed by atoms with Gasteiger partial charge in [-0.25, -0.2) is 13.6 Å². The van der Waals surface area contributed by atoms with Gasteiger partial charge >= 0.3 is 5.97 Å². The first-order valence-corrected chi connectivity index (χ1v) is 7.19. The lowest BCUT2D eigenvalue weighted by Crippen LogP contribution is -2.19. The molecule has 1 N–H and O–H groups in total. The molecule has 1 fully saturated rings. The van der Waals surface area contributed by atoms with Gasteiger partial charge in [-0.2, -0.15) is 5.10 Å². The zero-order chi connectivity index (χ0) is 17.7. The minimum atomic E-state index is -0.921. The molecular weight excluding hydrogens is 344 g/mol. The number of rotatable bonds is 4. The maximum absolute atomic E-state index is 13.9. The standard InChI is InChI=1S/C14H11F2N3O4S/c1-22-9-4-3-8(15)7(12(9)16)6-17-19-14-18-13(21)10(24-14)5-11(20)23-2/h3-6H,1-2H3,(H,18,19,21)/b10-5+,17-6?. The van der Waals surface area contributed by atoms with Gasteiger partial charge < -0.3 is 9.47 Å². The second kappa shape index (κ2) is 7.68. The first kappa shape index (κ1) is 17.6. The molecule has 1 aromatic carbocycles. The van der Waals surface area contributed by atoms with Crippen LogP contribution in [0.4, 0.5) is 8.78 Å². The van der Waals surface area contributed by atoms with Crippen molar-refractivity contribution in [2.45, 2.75) is 0 Å². The van der Waals surface area contributed by atoms with Gasteiger partial charge in [-0.3, -0.25) is 10.1 Å². The highest BCUT2D eigenvalue weighted by Crippen LogP contribution is 2.24. The smallest absolute Gasteiger partial charge is 0.331 e. The summed E-state index contributed by atoms with van der Waals surface area (Å²) in [6.45, 7) is 0. The van der Waals surface area contributed by atoms with Gasteiger partial charge in [0.1, 0.15) is 5.82 Å². The summed E-state index contributed by atoms with van der Waals surface area (Å²) in [4.78, 5) is 22.7. The number of ether oxygens (including phenoxy) is 2. The summed E-state index contributed by atoms with van der Waals surface area (Å²) in [5, 5.41) is 9.57. The Kier molecular flexibility index (Phi) is 5.64. The highest BCUT2D eigenvalue weighted by atomic mass is 32.2. The van der Waals surface area contributed by atoms with Crippen LogP contribution in [0.3, 0.4) is 0 Å². The van der Waals surface area contributed by atoms with Crippen molar-refractivity contribution in [3.05, 3.63) is 40.3 Å². The Hall–Kier alpha value is -2.75. The zero-order valence-corrected chi connectivity index (χ0v) is 13.3. The molecule has 0 radical (unpaired) electrons. The van der Waals surface area contributed by atoms with Crippen molar-refractivity contribution in [2.75, 3.05) is 14.2 Å². The third kappa shape index (κ3) is 3.96. The number of esters is 1. The molecule has 24 heavy (non-hydrogen) atoms. The highest BCUT2D eigenvalue weighted by molar-refractivity contribution is 8.18. The SMILES string of the molecule is COC(=O)/C=C1/S/C(=N\N=Cc2c(F)ccc(OC)c2F)NC1=O. The lowest BCUT2D eigenvalue weighted by Gasteiger charge is -2.04. The van der Waals surface area contributed by atoms with Crippen LogP contribution in [0, 0.1) is 11.6 Å². The van der Waals surface area contributed by atoms with E-state index in [1.165, 1.54) is 14.2 Å². The number of carbonyl (C=O) groups excluding carboxylic acids is 2. The number of amidine groups is 1. The van der Waals surface area contributed by atoms with Gasteiger partial charge in [0.15, 0.2) is 16.7 Å². The molecule has 0 bridgehead atoms. The largest absolute Gasteiger partial charge is 0.494 e. The summed E-state index contributed by atoms with van der Waals surface area (Å²) in [6.07, 6.45) is 1.85. The molecule has 0 aromatic heterocycles. The molecule has 1 saturated heterocycles. The molecule has 0 saturated carbocycles. The fourth-order valence-corrected chi connectivity index (χ4v) is 2.34. The van der Waals surface area contributed by atoms with Gasteiger partial charge in [0.25, 0.3) is 5.91 Å². The number of nitrogens with zero attached hydrogens (tertiary/aromatic N) is 2. The van der Waals surface area contributed by atoms with E-state index in [1.54, 1.807) is 0 Å². The third-order valence-electron chi connectivity index (χ3n) is 2.75. The van der Waals surface area contributed by atoms with E-state index in [0.717, 1.165) is 36.2 Å². The number of nitrogens with one attached hydrogen (secondary N) is 1. The normalized spacial score (nSPS) is 17.6. The van der Waals surface area contributed by atoms with Crippen LogP contribution in [0.15, 0.2) is 33.3 Å². The Bertz CT molecular complexity index is 778. The summed E-state index contributed by atoms with van der Waals surface area (Å²) in [7, 11) is 2.42. The molecule has 1 aliphatic rings. The Balaban J connectivity index is 2.18. The van der Waals surface area contributed by atoms with Gasteiger partial charge in [0.2, 0.25) is 0 Å². The van der Waals surface area contributed by atoms with Crippen LogP contribution < -0.4 is 10.1 Å². The van der Waals surface area contributed by atoms with Gasteiger partial charge in [0, 0.05) is 6.08 Å². The number of thioether (sulfide) groups is 1. The molecule has 1 aliphatic heterocycles. The number of hydrogen-bond donors (Lipinski definition) is 1. The summed E-state index contributed by atoms with van der Waals surface area (Å²) >= 11 is 0.837. The van der Waals surface area contributed by atoms with Gasteiger partial charge in [-0.1, -0.05) is 0 Å². The van der Waals surface area contributed by atoms with Crippen LogP contribution in [0.25, 0.3) is 0 Å². The monoisotopic (exact) mass is 355 g/mol. The van der Waals surface area contributed by atoms with E-state index in [4.69, 9.17) is 4.74 Å². The van der Waals surface area contributed by atoms with E-state index in [2.05, 4.69) is 20.3 Å². The van der Waals surface area contributed by atoms with E-state index in [0.29, 0.717) is 0 Å². The molecule has 0 atom stereocenters. The molecular formula is C14H11F2N3O4S. The van der Waals surface area contributed by atoms with Gasteiger partial charge in [-0.15, -0.1) is 5.10 Å². The molecule has 7 nitrogen and oxygen atoms in total. The highest BCUT2D eigenvalue weighted by Gasteiger charge is 2.25. The van der Waals surface area contributed by atoms with Crippen LogP contribution in [0.5, 0.6) is 5.75 Å². The molecule has 1 amide bonds. The number of amides is 1. The van der Waals surface area contributed by atoms with Gasteiger partial charge in [-0.05, 0) is 23.9 Å². The Morgan fingerprint density at radius 3 is 2.75 bits per heavy atom. The first-order valence-electron chi connectivity index (χ1n) is 6.38. The van der Waals surface area contributed by atoms with Crippen molar-refractivity contribution in [2.24, 2.45) is 10.2 Å². The quantitative estimate of drug-likeness (QED) is 0.383. The second-order valence-electron chi connectivity index (χ2n) is 4.21. The van der Waals surface area contributed by atoms with Crippen LogP contribution in [0.2, 0.25) is 0 Å². The van der Waals surface area contributed by atoms with Crippen LogP contribution >= 0.6 is 11.8 Å². The van der Waals surface area contributed by atoms with Crippen LogP contribution in [-0.2, 0) is 14.3 Å². The Morgan fingerprint density at radius 1 is 1.33 bits per heavy atom. The minimum Gasteiger partial charge on any atom is -0.494 e. The predicted octanol–water partition coefficient (Wildman–Crippen LogP) is 1.58. The van der Waals surface area contributed by atoms with E-state index in [-0.39, 0.29) is 15.8 Å². The zero-order valence-electron chi connectivity index (χ0n) is 12.5. The fraction of sp³-hybridized carbons (Fsp3) is 0.143. The van der Waals surface area contributed by atoms with Crippen LogP contribution in [0.1, 0.15) is 5.56 Å². The summed E-state index contributed by atoms with van der Waals surface area (Å²) in [5.41, 5.74) is -0.432. The van der Waals surface area contributed by atoms with Crippen molar-refractivity contribution < 1.29 is 27.8 Å². The fourth-order valence-electron chi connectivity index (χ4n) is 1.61. The third-order valence-corrected chi connectivity index (χ3v) is 3.65. The summed E-state index contributed by atoms with van der Waals surface area (Å²) < 4.78 is 36.7. The molecule has 10 heteroatoms. The summed E-state index contributed by atoms with van der Waals surface area (Å²) in [5.74, 6) is -3.16. The van der Waals surface area contributed by atoms with Crippen LogP contribution in [-0.4, -0.2) is 37.5 Å². The van der Waals surface area contributed by atoms with Crippen molar-refractivity contribution in [1.29, 1.82) is 0 Å². The van der Waals surface area contributed by atoms with E-state index in [9.17, 15) is 18.4 Å². The molecule has 1 aromatic rings. The van der Waals surface area contributed by atoms with Crippen molar-refractivity contribution in [3.63, 3.8) is 0 Å². The van der Waals surface area contributed by atoms with E-state index in [1.807, 2.05) is 0 Å². The Labute approximate surface area is 139 Å². The lowest BCUT2D eigenvalue weighted by molar-refractivity contribution is -0.135. The second-order valence-corrected chi connectivity index (χ2v) is 5.25. The number of carbonyl (C=O) groups is 2. The van der Waals surface area contributed by atoms with Crippen molar-refractivity contribution >= 4 is 35.0 Å². The molecule has 0 aliphatic carbocycles. The maximum Gasteiger partial charge on any atom is 0.331 e. The molecule has 1 heterocycles. The maximum atomic E-state index is 13.9. The summed E-state index contributed by atoms with van der Waals surface area (Å²) in [6, 6.07) is 2.17. The first-order chi connectivity index (χ1) is 11.5. The average molecular weight is 355 g/mol. The number of hydrogen-bond acceptors (Lipinski definition) is 7. The number of benzene rings is 1. The van der Waals surface area contributed by atoms with Crippen molar-refractivity contribution in [3.8, 4) is 5.75 Å². The van der Waals surface area contributed by atoms with Gasteiger partial charge in [0.05, 0.1) is 30.9 Å². The number of halogens is 2. The topological polar surface area (TPSA) is 89.3 Å². The Morgan fingerprint density at radius 2 is 2.08 bits per heavy atom. The van der Waals surface area contributed by atoms with Crippen molar-refractivity contribution in [1.82, 2.24) is 5.32 Å². The number of methoxy groups -OCH3 is 2. The minimum absolute atomic E-state index is 0.0510. The van der Waals surface area contributed by atoms with E-state index < -0.39 is 29.1 Å². The van der Waals surface area contributed by atoms with E-state index >= 15 is 0 Å². The molecule has 2 rings (SSSR count).